The maximum Gasteiger partial charge on any atom is 0.330 e. The third-order valence-corrected chi connectivity index (χ3v) is 3.63. The van der Waals surface area contributed by atoms with Crippen molar-refractivity contribution in [2.45, 2.75) is 39.2 Å². The molecular formula is C18H26O3. The van der Waals surface area contributed by atoms with Crippen LogP contribution in [0, 0.1) is 5.92 Å². The van der Waals surface area contributed by atoms with Gasteiger partial charge in [-0.2, -0.15) is 0 Å². The molecule has 0 saturated carbocycles. The van der Waals surface area contributed by atoms with Gasteiger partial charge in [-0.3, -0.25) is 0 Å². The molecule has 0 saturated heterocycles. The Balaban J connectivity index is 2.38. The molecule has 1 aromatic carbocycles. The smallest absolute Gasteiger partial charge is 0.330 e. The monoisotopic (exact) mass is 290 g/mol. The SMILES string of the molecule is CCC(COC(=O)C=Cc1ccccc1)CC(CC)OC. The van der Waals surface area contributed by atoms with E-state index in [2.05, 4.69) is 13.8 Å². The number of rotatable bonds is 9. The van der Waals surface area contributed by atoms with Crippen molar-refractivity contribution in [3.63, 3.8) is 0 Å². The second-order valence-corrected chi connectivity index (χ2v) is 5.15. The third-order valence-electron chi connectivity index (χ3n) is 3.63. The summed E-state index contributed by atoms with van der Waals surface area (Å²) < 4.78 is 10.7. The highest BCUT2D eigenvalue weighted by molar-refractivity contribution is 5.87. The quantitative estimate of drug-likeness (QED) is 0.508. The molecule has 0 bridgehead atoms. The maximum atomic E-state index is 11.7. The molecule has 0 spiro atoms. The largest absolute Gasteiger partial charge is 0.462 e. The van der Waals surface area contributed by atoms with Crippen LogP contribution in [0.5, 0.6) is 0 Å². The van der Waals surface area contributed by atoms with Crippen molar-refractivity contribution in [3.8, 4) is 0 Å². The first-order valence-electron chi connectivity index (χ1n) is 7.62. The molecular weight excluding hydrogens is 264 g/mol. The van der Waals surface area contributed by atoms with Crippen LogP contribution in [0.2, 0.25) is 0 Å². The Morgan fingerprint density at radius 3 is 2.48 bits per heavy atom. The number of hydrogen-bond acceptors (Lipinski definition) is 3. The zero-order chi connectivity index (χ0) is 15.5. The van der Waals surface area contributed by atoms with Gasteiger partial charge in [0, 0.05) is 13.2 Å². The van der Waals surface area contributed by atoms with Gasteiger partial charge < -0.3 is 9.47 Å². The lowest BCUT2D eigenvalue weighted by atomic mass is 9.98. The second kappa shape index (κ2) is 10.2. The minimum absolute atomic E-state index is 0.244. The highest BCUT2D eigenvalue weighted by Gasteiger charge is 2.14. The molecule has 2 unspecified atom stereocenters. The molecule has 0 N–H and O–H groups in total. The van der Waals surface area contributed by atoms with Gasteiger partial charge in [0.2, 0.25) is 0 Å². The highest BCUT2D eigenvalue weighted by atomic mass is 16.5. The van der Waals surface area contributed by atoms with Gasteiger partial charge in [0.05, 0.1) is 12.7 Å². The predicted molar refractivity (Wildman–Crippen MR) is 85.9 cm³/mol. The third kappa shape index (κ3) is 7.09. The summed E-state index contributed by atoms with van der Waals surface area (Å²) in [7, 11) is 1.73. The molecule has 21 heavy (non-hydrogen) atoms. The summed E-state index contributed by atoms with van der Waals surface area (Å²) >= 11 is 0. The lowest BCUT2D eigenvalue weighted by Gasteiger charge is -2.20. The second-order valence-electron chi connectivity index (χ2n) is 5.15. The van der Waals surface area contributed by atoms with E-state index in [1.54, 1.807) is 13.2 Å². The Labute approximate surface area is 128 Å². The molecule has 1 aromatic rings. The number of hydrogen-bond donors (Lipinski definition) is 0. The summed E-state index contributed by atoms with van der Waals surface area (Å²) in [6.07, 6.45) is 6.39. The van der Waals surface area contributed by atoms with Gasteiger partial charge in [-0.05, 0) is 36.8 Å². The van der Waals surface area contributed by atoms with Crippen molar-refractivity contribution < 1.29 is 14.3 Å². The molecule has 0 radical (unpaired) electrons. The average molecular weight is 290 g/mol. The molecule has 0 aromatic heterocycles. The first-order chi connectivity index (χ1) is 10.2. The Kier molecular flexibility index (Phi) is 8.44. The van der Waals surface area contributed by atoms with Gasteiger partial charge >= 0.3 is 5.97 Å². The van der Waals surface area contributed by atoms with Gasteiger partial charge in [-0.15, -0.1) is 0 Å². The van der Waals surface area contributed by atoms with Gasteiger partial charge in [-0.25, -0.2) is 4.79 Å². The van der Waals surface area contributed by atoms with Crippen molar-refractivity contribution >= 4 is 12.0 Å². The van der Waals surface area contributed by atoms with Crippen LogP contribution in [0.4, 0.5) is 0 Å². The summed E-state index contributed by atoms with van der Waals surface area (Å²) in [5.41, 5.74) is 0.993. The lowest BCUT2D eigenvalue weighted by Crippen LogP contribution is -2.20. The van der Waals surface area contributed by atoms with Crippen molar-refractivity contribution in [1.82, 2.24) is 0 Å². The molecule has 0 aliphatic heterocycles. The van der Waals surface area contributed by atoms with E-state index in [4.69, 9.17) is 9.47 Å². The minimum Gasteiger partial charge on any atom is -0.462 e. The van der Waals surface area contributed by atoms with Crippen LogP contribution in [0.3, 0.4) is 0 Å². The Morgan fingerprint density at radius 2 is 1.90 bits per heavy atom. The fourth-order valence-electron chi connectivity index (χ4n) is 2.13. The van der Waals surface area contributed by atoms with Crippen LogP contribution in [0.25, 0.3) is 6.08 Å². The Hall–Kier alpha value is -1.61. The van der Waals surface area contributed by atoms with Crippen LogP contribution in [-0.2, 0) is 14.3 Å². The Morgan fingerprint density at radius 1 is 1.19 bits per heavy atom. The number of esters is 1. The van der Waals surface area contributed by atoms with Crippen LogP contribution in [0.15, 0.2) is 36.4 Å². The van der Waals surface area contributed by atoms with Crippen molar-refractivity contribution in [2.24, 2.45) is 5.92 Å². The first kappa shape index (κ1) is 17.4. The fraction of sp³-hybridized carbons (Fsp3) is 0.500. The highest BCUT2D eigenvalue weighted by Crippen LogP contribution is 2.16. The number of carbonyl (C=O) groups excluding carboxylic acids is 1. The summed E-state index contributed by atoms with van der Waals surface area (Å²) in [4.78, 5) is 11.7. The van der Waals surface area contributed by atoms with E-state index in [0.29, 0.717) is 12.5 Å². The van der Waals surface area contributed by atoms with E-state index in [-0.39, 0.29) is 12.1 Å². The van der Waals surface area contributed by atoms with E-state index in [1.807, 2.05) is 30.3 Å². The van der Waals surface area contributed by atoms with Gasteiger partial charge in [-0.1, -0.05) is 44.2 Å². The predicted octanol–water partition coefficient (Wildman–Crippen LogP) is 4.08. The molecule has 0 aliphatic rings. The van der Waals surface area contributed by atoms with Crippen molar-refractivity contribution in [2.75, 3.05) is 13.7 Å². The zero-order valence-corrected chi connectivity index (χ0v) is 13.2. The van der Waals surface area contributed by atoms with Crippen LogP contribution >= 0.6 is 0 Å². The van der Waals surface area contributed by atoms with Crippen LogP contribution in [-0.4, -0.2) is 25.8 Å². The minimum atomic E-state index is -0.289. The summed E-state index contributed by atoms with van der Waals surface area (Å²) in [6, 6.07) is 9.72. The van der Waals surface area contributed by atoms with Gasteiger partial charge in [0.25, 0.3) is 0 Å². The molecule has 0 fully saturated rings. The van der Waals surface area contributed by atoms with Crippen LogP contribution in [0.1, 0.15) is 38.7 Å². The molecule has 0 amide bonds. The van der Waals surface area contributed by atoms with Crippen molar-refractivity contribution in [1.29, 1.82) is 0 Å². The maximum absolute atomic E-state index is 11.7. The van der Waals surface area contributed by atoms with E-state index in [1.165, 1.54) is 6.08 Å². The number of ether oxygens (including phenoxy) is 2. The molecule has 3 heteroatoms. The molecule has 116 valence electrons. The average Bonchev–Trinajstić information content (AvgIpc) is 2.54. The molecule has 3 nitrogen and oxygen atoms in total. The number of carbonyl (C=O) groups is 1. The normalized spacial score (nSPS) is 14.0. The lowest BCUT2D eigenvalue weighted by molar-refractivity contribution is -0.139. The zero-order valence-electron chi connectivity index (χ0n) is 13.2. The number of methoxy groups -OCH3 is 1. The summed E-state index contributed by atoms with van der Waals surface area (Å²) in [6.45, 7) is 4.67. The molecule has 1 rings (SSSR count). The fourth-order valence-corrected chi connectivity index (χ4v) is 2.13. The first-order valence-corrected chi connectivity index (χ1v) is 7.62. The van der Waals surface area contributed by atoms with Gasteiger partial charge in [0.1, 0.15) is 0 Å². The van der Waals surface area contributed by atoms with E-state index < -0.39 is 0 Å². The molecule has 0 heterocycles. The van der Waals surface area contributed by atoms with Crippen LogP contribution < -0.4 is 0 Å². The van der Waals surface area contributed by atoms with Gasteiger partial charge in [0.15, 0.2) is 0 Å². The topological polar surface area (TPSA) is 35.5 Å². The number of benzene rings is 1. The van der Waals surface area contributed by atoms with E-state index in [9.17, 15) is 4.79 Å². The van der Waals surface area contributed by atoms with E-state index in [0.717, 1.165) is 24.8 Å². The molecule has 0 aliphatic carbocycles. The molecule has 2 atom stereocenters. The van der Waals surface area contributed by atoms with E-state index >= 15 is 0 Å². The van der Waals surface area contributed by atoms with Crippen molar-refractivity contribution in [3.05, 3.63) is 42.0 Å². The summed E-state index contributed by atoms with van der Waals surface area (Å²) in [5.74, 6) is 0.0618. The summed E-state index contributed by atoms with van der Waals surface area (Å²) in [5, 5.41) is 0. The Bertz CT molecular complexity index is 421. The standard InChI is InChI=1S/C18H26O3/c1-4-15(13-17(5-2)20-3)14-21-18(19)12-11-16-9-7-6-8-10-16/h6-12,15,17H,4-5,13-14H2,1-3H3.